The minimum absolute atomic E-state index is 0.0445. The average molecular weight is 880 g/mol. The predicted molar refractivity (Wildman–Crippen MR) is 242 cm³/mol. The number of aryl methyl sites for hydroxylation is 2. The molecule has 0 spiro atoms. The molecule has 13 heteroatoms. The van der Waals surface area contributed by atoms with E-state index in [1.165, 1.54) is 30.4 Å². The van der Waals surface area contributed by atoms with Gasteiger partial charge >= 0.3 is 11.9 Å². The second kappa shape index (κ2) is 33.7. The number of likely N-dealkylation sites (N-methyl/N-ethyl adjacent to an activating group) is 1. The number of nitrogens with zero attached hydrogens (tertiary/aromatic N) is 1. The van der Waals surface area contributed by atoms with Gasteiger partial charge in [-0.15, -0.1) is 0 Å². The van der Waals surface area contributed by atoms with Crippen LogP contribution < -0.4 is 4.89 Å². The minimum atomic E-state index is -4.71. The maximum absolute atomic E-state index is 12.7. The van der Waals surface area contributed by atoms with Crippen molar-refractivity contribution in [3.05, 3.63) is 71.3 Å². The summed E-state index contributed by atoms with van der Waals surface area (Å²) < 4.78 is 39.9. The first-order valence-electron chi connectivity index (χ1n) is 22.9. The largest absolute Gasteiger partial charge is 0.756 e. The molecule has 0 aliphatic carbocycles. The van der Waals surface area contributed by atoms with Gasteiger partial charge in [0.25, 0.3) is 7.82 Å². The zero-order chi connectivity index (χ0) is 45.4. The predicted octanol–water partition coefficient (Wildman–Crippen LogP) is 9.65. The van der Waals surface area contributed by atoms with Crippen LogP contribution in [-0.4, -0.2) is 92.5 Å². The number of phosphoric ester groups is 1. The molecule has 4 atom stereocenters. The summed E-state index contributed by atoms with van der Waals surface area (Å²) in [4.78, 5) is 37.7. The van der Waals surface area contributed by atoms with Crippen molar-refractivity contribution in [1.82, 2.24) is 0 Å². The zero-order valence-corrected chi connectivity index (χ0v) is 39.7. The number of rotatable bonds is 37. The van der Waals surface area contributed by atoms with Crippen molar-refractivity contribution in [2.45, 2.75) is 174 Å². The summed E-state index contributed by atoms with van der Waals surface area (Å²) in [5.41, 5.74) is 2.60. The van der Waals surface area contributed by atoms with Crippen LogP contribution in [0.5, 0.6) is 0 Å². The smallest absolute Gasteiger partial charge is 0.306 e. The third-order valence-corrected chi connectivity index (χ3v) is 11.2. The van der Waals surface area contributed by atoms with E-state index in [1.807, 2.05) is 27.2 Å². The first kappa shape index (κ1) is 56.2. The van der Waals surface area contributed by atoms with E-state index < -0.39 is 44.7 Å². The van der Waals surface area contributed by atoms with Crippen molar-refractivity contribution in [3.63, 3.8) is 0 Å². The number of hydrogen-bond acceptors (Lipinski definition) is 11. The summed E-state index contributed by atoms with van der Waals surface area (Å²) in [5, 5.41) is 20.4. The van der Waals surface area contributed by atoms with Crippen LogP contribution in [0, 0.1) is 13.8 Å². The number of ether oxygens (including phenoxy) is 2. The number of allylic oxidation sites excluding steroid dienone is 5. The highest BCUT2D eigenvalue weighted by molar-refractivity contribution is 7.45. The molecule has 0 aromatic carbocycles. The van der Waals surface area contributed by atoms with E-state index in [4.69, 9.17) is 22.9 Å². The first-order valence-corrected chi connectivity index (χ1v) is 24.4. The lowest BCUT2D eigenvalue weighted by atomic mass is 10.0. The summed E-state index contributed by atoms with van der Waals surface area (Å²) >= 11 is 0. The number of aliphatic hydroxyl groups excluding tert-OH is 2. The molecular formula is C48H82NO11P. The van der Waals surface area contributed by atoms with E-state index >= 15 is 0 Å². The van der Waals surface area contributed by atoms with Crippen molar-refractivity contribution in [2.24, 2.45) is 0 Å². The van der Waals surface area contributed by atoms with Gasteiger partial charge in [0.1, 0.15) is 31.3 Å². The molecule has 0 radical (unpaired) electrons. The molecule has 1 unspecified atom stereocenters. The van der Waals surface area contributed by atoms with Crippen molar-refractivity contribution >= 4 is 19.8 Å². The lowest BCUT2D eigenvalue weighted by Gasteiger charge is -2.28. The molecule has 1 aromatic rings. The highest BCUT2D eigenvalue weighted by atomic mass is 31.2. The summed E-state index contributed by atoms with van der Waals surface area (Å²) in [6.45, 7) is 8.07. The van der Waals surface area contributed by atoms with E-state index in [2.05, 4.69) is 33.8 Å². The van der Waals surface area contributed by atoms with Crippen molar-refractivity contribution < 1.29 is 56.7 Å². The maximum atomic E-state index is 12.7. The first-order chi connectivity index (χ1) is 29.1. The van der Waals surface area contributed by atoms with Crippen LogP contribution in [0.25, 0.3) is 0 Å². The minimum Gasteiger partial charge on any atom is -0.756 e. The van der Waals surface area contributed by atoms with Gasteiger partial charge in [-0.25, -0.2) is 0 Å². The van der Waals surface area contributed by atoms with Crippen LogP contribution in [0.1, 0.15) is 152 Å². The van der Waals surface area contributed by atoms with Gasteiger partial charge in [-0.3, -0.25) is 14.2 Å². The van der Waals surface area contributed by atoms with Crippen LogP contribution >= 0.6 is 7.82 Å². The quantitative estimate of drug-likeness (QED) is 0.0163. The lowest BCUT2D eigenvalue weighted by Crippen LogP contribution is -2.37. The van der Waals surface area contributed by atoms with Gasteiger partial charge in [0.2, 0.25) is 0 Å². The Labute approximate surface area is 368 Å². The molecular weight excluding hydrogens is 797 g/mol. The van der Waals surface area contributed by atoms with Crippen LogP contribution in [0.2, 0.25) is 0 Å². The van der Waals surface area contributed by atoms with Gasteiger partial charge in [0, 0.05) is 25.7 Å². The van der Waals surface area contributed by atoms with E-state index in [1.54, 1.807) is 36.5 Å². The Morgan fingerprint density at radius 1 is 0.721 bits per heavy atom. The van der Waals surface area contributed by atoms with Crippen LogP contribution in [0.15, 0.2) is 53.0 Å². The molecule has 12 nitrogen and oxygen atoms in total. The summed E-state index contributed by atoms with van der Waals surface area (Å²) in [5.74, 6) is 1.16. The highest BCUT2D eigenvalue weighted by Crippen LogP contribution is 2.38. The lowest BCUT2D eigenvalue weighted by molar-refractivity contribution is -0.870. The average Bonchev–Trinajstić information content (AvgIpc) is 3.46. The van der Waals surface area contributed by atoms with Gasteiger partial charge < -0.3 is 42.5 Å². The summed E-state index contributed by atoms with van der Waals surface area (Å²) in [6.07, 6.45) is 29.1. The molecule has 0 amide bonds. The van der Waals surface area contributed by atoms with Gasteiger partial charge in [-0.2, -0.15) is 0 Å². The monoisotopic (exact) mass is 880 g/mol. The summed E-state index contributed by atoms with van der Waals surface area (Å²) in [6, 6.07) is 0. The van der Waals surface area contributed by atoms with E-state index in [9.17, 15) is 29.3 Å². The van der Waals surface area contributed by atoms with Crippen LogP contribution in [0.3, 0.4) is 0 Å². The number of furan rings is 1. The molecule has 350 valence electrons. The Kier molecular flexibility index (Phi) is 31.0. The zero-order valence-electron chi connectivity index (χ0n) is 38.8. The number of carbonyl (C=O) groups is 2. The molecule has 0 saturated heterocycles. The Morgan fingerprint density at radius 3 is 1.97 bits per heavy atom. The molecule has 2 N–H and O–H groups in total. The highest BCUT2D eigenvalue weighted by Gasteiger charge is 2.22. The molecule has 0 bridgehead atoms. The van der Waals surface area contributed by atoms with Crippen LogP contribution in [0.4, 0.5) is 0 Å². The SMILES string of the molecule is CCCCC/C=C\C[C@H](O)/C=C/C=C/C=C\[C@H](O)CCCC(=O)O[C@H](COC(=O)CCCCCCCCCCc1oc(CCC)c(C)c1C)COP(=O)([O-])OCC[N+](C)(C)C. The van der Waals surface area contributed by atoms with Crippen molar-refractivity contribution in [3.8, 4) is 0 Å². The summed E-state index contributed by atoms with van der Waals surface area (Å²) in [7, 11) is 0.982. The van der Waals surface area contributed by atoms with E-state index in [0.717, 1.165) is 82.1 Å². The number of hydrogen-bond donors (Lipinski definition) is 2. The second-order valence-electron chi connectivity index (χ2n) is 17.0. The van der Waals surface area contributed by atoms with Gasteiger partial charge in [-0.05, 0) is 76.3 Å². The van der Waals surface area contributed by atoms with Gasteiger partial charge in [-0.1, -0.05) is 114 Å². The van der Waals surface area contributed by atoms with Crippen molar-refractivity contribution in [1.29, 1.82) is 0 Å². The normalized spacial score (nSPS) is 15.0. The van der Waals surface area contributed by atoms with E-state index in [-0.39, 0.29) is 32.5 Å². The molecule has 0 aliphatic heterocycles. The molecule has 1 rings (SSSR count). The van der Waals surface area contributed by atoms with Gasteiger partial charge in [0.05, 0.1) is 40.0 Å². The second-order valence-corrected chi connectivity index (χ2v) is 18.5. The Hall–Kier alpha value is -2.83. The topological polar surface area (TPSA) is 165 Å². The fourth-order valence-corrected chi connectivity index (χ4v) is 7.03. The number of quaternary nitrogens is 1. The van der Waals surface area contributed by atoms with Crippen LogP contribution in [-0.2, 0) is 45.5 Å². The Balaban J connectivity index is 2.45. The molecule has 61 heavy (non-hydrogen) atoms. The molecule has 0 aliphatic rings. The third-order valence-electron chi connectivity index (χ3n) is 10.2. The van der Waals surface area contributed by atoms with Gasteiger partial charge in [0.15, 0.2) is 6.10 Å². The third kappa shape index (κ3) is 30.8. The Morgan fingerprint density at radius 2 is 1.33 bits per heavy atom. The fraction of sp³-hybridized carbons (Fsp3) is 0.708. The molecule has 1 heterocycles. The molecule has 1 aromatic heterocycles. The van der Waals surface area contributed by atoms with E-state index in [0.29, 0.717) is 30.3 Å². The number of esters is 2. The number of aliphatic hydroxyl groups is 2. The standard InChI is InChI=1S/C48H82NO11P/c1-8-10-11-12-17-22-29-42(50)30-23-20-21-24-31-43(51)32-27-35-48(53)59-44(39-58-61(54,55)57-37-36-49(5,6)7)38-56-47(52)34-26-19-16-14-13-15-18-25-33-46-41(4)40(3)45(60-46)28-9-2/h17,20-24,30-31,42-44,50-51H,8-16,18-19,25-29,32-39H2,1-7H3/b21-20+,22-17-,30-23+,31-24-/t42-,43-,44+/m0/s1. The molecule has 0 saturated carbocycles. The Bertz CT molecular complexity index is 1490. The maximum Gasteiger partial charge on any atom is 0.306 e. The van der Waals surface area contributed by atoms with Crippen molar-refractivity contribution in [2.75, 3.05) is 47.5 Å². The number of unbranched alkanes of at least 4 members (excludes halogenated alkanes) is 10. The fourth-order valence-electron chi connectivity index (χ4n) is 6.31. The number of phosphoric acid groups is 1. The number of carbonyl (C=O) groups excluding carboxylic acids is 2. The molecule has 0 fully saturated rings.